The summed E-state index contributed by atoms with van der Waals surface area (Å²) in [6.45, 7) is 0.194. The molecule has 0 bridgehead atoms. The highest BCUT2D eigenvalue weighted by molar-refractivity contribution is 6.04. The van der Waals surface area contributed by atoms with Crippen LogP contribution in [0.2, 0.25) is 0 Å². The normalized spacial score (nSPS) is 9.76. The van der Waals surface area contributed by atoms with Crippen LogP contribution in [0.4, 0.5) is 10.5 Å². The van der Waals surface area contributed by atoms with Crippen molar-refractivity contribution in [2.45, 2.75) is 6.54 Å². The lowest BCUT2D eigenvalue weighted by Gasteiger charge is -2.07. The standard InChI is InChI=1S/C15H15N3O3/c1-21-15(20)17-10-13-9-11(7-8-16-13)14(19)18-12-5-3-2-4-6-12/h2-9H,10H2,1H3,(H,17,20)(H,18,19). The third-order valence-electron chi connectivity index (χ3n) is 2.71. The van der Waals surface area contributed by atoms with Gasteiger partial charge in [0.1, 0.15) is 0 Å². The van der Waals surface area contributed by atoms with Gasteiger partial charge in [0, 0.05) is 17.4 Å². The lowest BCUT2D eigenvalue weighted by Crippen LogP contribution is -2.23. The fourth-order valence-electron chi connectivity index (χ4n) is 1.68. The summed E-state index contributed by atoms with van der Waals surface area (Å²) in [4.78, 5) is 27.2. The first-order chi connectivity index (χ1) is 10.2. The number of para-hydroxylation sites is 1. The number of aromatic nitrogens is 1. The number of anilines is 1. The maximum atomic E-state index is 12.1. The van der Waals surface area contributed by atoms with E-state index >= 15 is 0 Å². The van der Waals surface area contributed by atoms with E-state index in [-0.39, 0.29) is 12.5 Å². The van der Waals surface area contributed by atoms with Crippen LogP contribution >= 0.6 is 0 Å². The summed E-state index contributed by atoms with van der Waals surface area (Å²) in [5.74, 6) is -0.233. The van der Waals surface area contributed by atoms with Crippen LogP contribution in [0.5, 0.6) is 0 Å². The van der Waals surface area contributed by atoms with Gasteiger partial charge in [0.15, 0.2) is 0 Å². The van der Waals surface area contributed by atoms with E-state index < -0.39 is 6.09 Å². The molecule has 1 heterocycles. The van der Waals surface area contributed by atoms with Crippen molar-refractivity contribution in [2.75, 3.05) is 12.4 Å². The molecule has 1 aromatic carbocycles. The highest BCUT2D eigenvalue weighted by Crippen LogP contribution is 2.09. The number of methoxy groups -OCH3 is 1. The molecule has 6 nitrogen and oxygen atoms in total. The molecule has 2 rings (SSSR count). The Balaban J connectivity index is 2.03. The number of pyridine rings is 1. The number of benzene rings is 1. The van der Waals surface area contributed by atoms with Crippen molar-refractivity contribution in [3.63, 3.8) is 0 Å². The molecule has 2 aromatic rings. The third kappa shape index (κ3) is 4.31. The highest BCUT2D eigenvalue weighted by Gasteiger charge is 2.08. The second kappa shape index (κ2) is 7.04. The average Bonchev–Trinajstić information content (AvgIpc) is 2.53. The highest BCUT2D eigenvalue weighted by atomic mass is 16.5. The molecule has 1 aromatic heterocycles. The van der Waals surface area contributed by atoms with Crippen LogP contribution in [-0.2, 0) is 11.3 Å². The smallest absolute Gasteiger partial charge is 0.407 e. The van der Waals surface area contributed by atoms with Gasteiger partial charge in [-0.15, -0.1) is 0 Å². The summed E-state index contributed by atoms with van der Waals surface area (Å²) >= 11 is 0. The van der Waals surface area contributed by atoms with Crippen LogP contribution in [0.3, 0.4) is 0 Å². The van der Waals surface area contributed by atoms with E-state index in [1.54, 1.807) is 24.3 Å². The van der Waals surface area contributed by atoms with Crippen molar-refractivity contribution >= 4 is 17.7 Å². The maximum Gasteiger partial charge on any atom is 0.407 e. The van der Waals surface area contributed by atoms with Crippen molar-refractivity contribution in [1.29, 1.82) is 0 Å². The van der Waals surface area contributed by atoms with Crippen LogP contribution < -0.4 is 10.6 Å². The number of nitrogens with zero attached hydrogens (tertiary/aromatic N) is 1. The van der Waals surface area contributed by atoms with E-state index in [2.05, 4.69) is 20.4 Å². The summed E-state index contributed by atoms with van der Waals surface area (Å²) in [6, 6.07) is 12.4. The Morgan fingerprint density at radius 1 is 1.19 bits per heavy atom. The maximum absolute atomic E-state index is 12.1. The topological polar surface area (TPSA) is 80.3 Å². The number of hydrogen-bond donors (Lipinski definition) is 2. The van der Waals surface area contributed by atoms with Crippen LogP contribution in [0.1, 0.15) is 16.1 Å². The molecule has 21 heavy (non-hydrogen) atoms. The molecular weight excluding hydrogens is 270 g/mol. The summed E-state index contributed by atoms with van der Waals surface area (Å²) in [5, 5.41) is 5.29. The van der Waals surface area contributed by atoms with Gasteiger partial charge in [0.2, 0.25) is 0 Å². The molecule has 0 saturated heterocycles. The number of carbonyl (C=O) groups is 2. The third-order valence-corrected chi connectivity index (χ3v) is 2.71. The molecule has 0 aliphatic carbocycles. The van der Waals surface area contributed by atoms with Crippen LogP contribution in [0.15, 0.2) is 48.7 Å². The Morgan fingerprint density at radius 2 is 1.95 bits per heavy atom. The summed E-state index contributed by atoms with van der Waals surface area (Å²) in [7, 11) is 1.28. The number of alkyl carbamates (subject to hydrolysis) is 1. The minimum absolute atomic E-state index is 0.194. The van der Waals surface area contributed by atoms with E-state index in [0.717, 1.165) is 0 Å². The second-order valence-electron chi connectivity index (χ2n) is 4.20. The van der Waals surface area contributed by atoms with Crippen molar-refractivity contribution in [1.82, 2.24) is 10.3 Å². The molecule has 2 amide bonds. The van der Waals surface area contributed by atoms with Gasteiger partial charge in [-0.2, -0.15) is 0 Å². The van der Waals surface area contributed by atoms with Gasteiger partial charge >= 0.3 is 6.09 Å². The molecule has 108 valence electrons. The fraction of sp³-hybridized carbons (Fsp3) is 0.133. The first-order valence-corrected chi connectivity index (χ1v) is 6.32. The van der Waals surface area contributed by atoms with Crippen LogP contribution in [0.25, 0.3) is 0 Å². The van der Waals surface area contributed by atoms with E-state index in [1.165, 1.54) is 13.3 Å². The number of amides is 2. The van der Waals surface area contributed by atoms with Gasteiger partial charge < -0.3 is 15.4 Å². The van der Waals surface area contributed by atoms with Crippen LogP contribution in [0, 0.1) is 0 Å². The predicted molar refractivity (Wildman–Crippen MR) is 77.9 cm³/mol. The minimum atomic E-state index is -0.545. The Kier molecular flexibility index (Phi) is 4.87. The van der Waals surface area contributed by atoms with E-state index in [9.17, 15) is 9.59 Å². The monoisotopic (exact) mass is 285 g/mol. The number of hydrogen-bond acceptors (Lipinski definition) is 4. The van der Waals surface area contributed by atoms with E-state index in [4.69, 9.17) is 0 Å². The van der Waals surface area contributed by atoms with Gasteiger partial charge in [-0.25, -0.2) is 4.79 Å². The first-order valence-electron chi connectivity index (χ1n) is 6.32. The molecular formula is C15H15N3O3. The number of ether oxygens (including phenoxy) is 1. The Labute approximate surface area is 122 Å². The summed E-state index contributed by atoms with van der Waals surface area (Å²) < 4.78 is 4.47. The summed E-state index contributed by atoms with van der Waals surface area (Å²) in [5.41, 5.74) is 1.75. The molecule has 0 saturated carbocycles. The van der Waals surface area contributed by atoms with Crippen molar-refractivity contribution in [3.8, 4) is 0 Å². The number of nitrogens with one attached hydrogen (secondary N) is 2. The predicted octanol–water partition coefficient (Wildman–Crippen LogP) is 2.19. The summed E-state index contributed by atoms with van der Waals surface area (Å²) in [6.07, 6.45) is 0.977. The second-order valence-corrected chi connectivity index (χ2v) is 4.20. The Morgan fingerprint density at radius 3 is 2.67 bits per heavy atom. The molecule has 0 unspecified atom stereocenters. The van der Waals surface area contributed by atoms with Gasteiger partial charge in [-0.3, -0.25) is 9.78 Å². The zero-order valence-corrected chi connectivity index (χ0v) is 11.5. The Hall–Kier alpha value is -2.89. The van der Waals surface area contributed by atoms with Gasteiger partial charge in [-0.05, 0) is 24.3 Å². The van der Waals surface area contributed by atoms with E-state index in [0.29, 0.717) is 16.9 Å². The Bertz CT molecular complexity index is 629. The molecule has 0 atom stereocenters. The average molecular weight is 285 g/mol. The zero-order chi connectivity index (χ0) is 15.1. The first kappa shape index (κ1) is 14.5. The fourth-order valence-corrected chi connectivity index (χ4v) is 1.68. The molecule has 2 N–H and O–H groups in total. The van der Waals surface area contributed by atoms with Crippen molar-refractivity contribution in [3.05, 3.63) is 59.9 Å². The zero-order valence-electron chi connectivity index (χ0n) is 11.5. The van der Waals surface area contributed by atoms with Gasteiger partial charge in [0.05, 0.1) is 19.3 Å². The molecule has 0 fully saturated rings. The van der Waals surface area contributed by atoms with Gasteiger partial charge in [0.25, 0.3) is 5.91 Å². The SMILES string of the molecule is COC(=O)NCc1cc(C(=O)Nc2ccccc2)ccn1. The molecule has 6 heteroatoms. The lowest BCUT2D eigenvalue weighted by atomic mass is 10.2. The van der Waals surface area contributed by atoms with Crippen LogP contribution in [-0.4, -0.2) is 24.1 Å². The van der Waals surface area contributed by atoms with Crippen molar-refractivity contribution in [2.24, 2.45) is 0 Å². The largest absolute Gasteiger partial charge is 0.453 e. The molecule has 0 radical (unpaired) electrons. The number of rotatable bonds is 4. The molecule has 0 aliphatic rings. The molecule has 0 aliphatic heterocycles. The molecule has 0 spiro atoms. The lowest BCUT2D eigenvalue weighted by molar-refractivity contribution is 0.102. The van der Waals surface area contributed by atoms with Crippen molar-refractivity contribution < 1.29 is 14.3 Å². The van der Waals surface area contributed by atoms with Gasteiger partial charge in [-0.1, -0.05) is 18.2 Å². The van der Waals surface area contributed by atoms with E-state index in [1.807, 2.05) is 18.2 Å². The quantitative estimate of drug-likeness (QED) is 0.902. The number of carbonyl (C=O) groups excluding carboxylic acids is 2. The minimum Gasteiger partial charge on any atom is -0.453 e.